The Bertz CT molecular complexity index is 432. The van der Waals surface area contributed by atoms with E-state index in [4.69, 9.17) is 4.74 Å². The summed E-state index contributed by atoms with van der Waals surface area (Å²) in [6, 6.07) is 9.68. The number of thioether (sulfide) groups is 1. The highest BCUT2D eigenvalue weighted by Crippen LogP contribution is 2.15. The van der Waals surface area contributed by atoms with Gasteiger partial charge in [-0.2, -0.15) is 11.8 Å². The summed E-state index contributed by atoms with van der Waals surface area (Å²) in [7, 11) is 0. The van der Waals surface area contributed by atoms with Gasteiger partial charge in [0.1, 0.15) is 6.61 Å². The van der Waals surface area contributed by atoms with Crippen LogP contribution < -0.4 is 5.32 Å². The van der Waals surface area contributed by atoms with Crippen LogP contribution in [-0.2, 0) is 11.3 Å². The highest BCUT2D eigenvalue weighted by atomic mass is 32.2. The van der Waals surface area contributed by atoms with Gasteiger partial charge in [-0.15, -0.1) is 6.58 Å². The Morgan fingerprint density at radius 2 is 2.05 bits per heavy atom. The Morgan fingerprint density at radius 1 is 1.33 bits per heavy atom. The molecule has 1 amide bonds. The fraction of sp³-hybridized carbons (Fsp3) is 0.471. The summed E-state index contributed by atoms with van der Waals surface area (Å²) < 4.78 is 5.24. The fourth-order valence-corrected chi connectivity index (χ4v) is 2.89. The zero-order valence-electron chi connectivity index (χ0n) is 12.9. The zero-order valence-corrected chi connectivity index (χ0v) is 13.7. The number of hydrogen-bond acceptors (Lipinski definition) is 3. The normalized spacial score (nSPS) is 11.0. The van der Waals surface area contributed by atoms with Gasteiger partial charge in [-0.1, -0.05) is 36.4 Å². The van der Waals surface area contributed by atoms with Gasteiger partial charge in [0, 0.05) is 5.54 Å². The van der Waals surface area contributed by atoms with E-state index >= 15 is 0 Å². The molecule has 0 radical (unpaired) electrons. The summed E-state index contributed by atoms with van der Waals surface area (Å²) in [5.74, 6) is 2.10. The number of benzene rings is 1. The molecule has 0 aliphatic carbocycles. The van der Waals surface area contributed by atoms with Gasteiger partial charge in [0.15, 0.2) is 0 Å². The molecule has 0 bridgehead atoms. The molecule has 0 aromatic heterocycles. The van der Waals surface area contributed by atoms with Gasteiger partial charge in [-0.05, 0) is 43.8 Å². The van der Waals surface area contributed by atoms with Gasteiger partial charge < -0.3 is 10.1 Å². The van der Waals surface area contributed by atoms with Crippen LogP contribution in [-0.4, -0.2) is 23.1 Å². The van der Waals surface area contributed by atoms with E-state index in [1.165, 1.54) is 0 Å². The zero-order chi connectivity index (χ0) is 15.6. The lowest BCUT2D eigenvalue weighted by molar-refractivity contribution is 0.129. The molecule has 1 N–H and O–H groups in total. The summed E-state index contributed by atoms with van der Waals surface area (Å²) >= 11 is 1.88. The van der Waals surface area contributed by atoms with Crippen LogP contribution in [0.15, 0.2) is 43.0 Å². The Balaban J connectivity index is 2.23. The second-order valence-corrected chi connectivity index (χ2v) is 6.74. The lowest BCUT2D eigenvalue weighted by Crippen LogP contribution is -2.44. The predicted octanol–water partition coefficient (Wildman–Crippen LogP) is 4.39. The van der Waals surface area contributed by atoms with E-state index in [0.29, 0.717) is 6.61 Å². The molecule has 1 aromatic carbocycles. The van der Waals surface area contributed by atoms with Crippen LogP contribution in [0.25, 0.3) is 0 Å². The molecule has 0 fully saturated rings. The number of amides is 1. The minimum absolute atomic E-state index is 0.255. The number of allylic oxidation sites excluding steroid dienone is 1. The van der Waals surface area contributed by atoms with Crippen LogP contribution >= 0.6 is 11.8 Å². The lowest BCUT2D eigenvalue weighted by Gasteiger charge is -2.25. The molecular weight excluding hydrogens is 282 g/mol. The van der Waals surface area contributed by atoms with Crippen molar-refractivity contribution in [2.45, 2.75) is 38.8 Å². The molecule has 0 aliphatic heterocycles. The monoisotopic (exact) mass is 307 g/mol. The average Bonchev–Trinajstić information content (AvgIpc) is 2.45. The van der Waals surface area contributed by atoms with Gasteiger partial charge in [-0.25, -0.2) is 4.79 Å². The van der Waals surface area contributed by atoms with Gasteiger partial charge in [0.25, 0.3) is 0 Å². The van der Waals surface area contributed by atoms with Crippen molar-refractivity contribution in [2.24, 2.45) is 0 Å². The van der Waals surface area contributed by atoms with Crippen LogP contribution in [0.5, 0.6) is 0 Å². The molecule has 0 saturated heterocycles. The topological polar surface area (TPSA) is 38.3 Å². The molecule has 0 aliphatic rings. The molecular formula is C17H25NO2S. The highest BCUT2D eigenvalue weighted by Gasteiger charge is 2.20. The van der Waals surface area contributed by atoms with Gasteiger partial charge in [-0.3, -0.25) is 0 Å². The molecule has 21 heavy (non-hydrogen) atoms. The third kappa shape index (κ3) is 8.45. The molecule has 3 nitrogen and oxygen atoms in total. The van der Waals surface area contributed by atoms with Crippen LogP contribution in [0.4, 0.5) is 4.79 Å². The Morgan fingerprint density at radius 3 is 2.71 bits per heavy atom. The van der Waals surface area contributed by atoms with Crippen molar-refractivity contribution in [3.63, 3.8) is 0 Å². The number of alkyl carbamates (subject to hydrolysis) is 1. The van der Waals surface area contributed by atoms with Crippen LogP contribution in [0, 0.1) is 0 Å². The average molecular weight is 307 g/mol. The molecule has 0 spiro atoms. The maximum Gasteiger partial charge on any atom is 0.407 e. The molecule has 116 valence electrons. The Kier molecular flexibility index (Phi) is 7.98. The maximum absolute atomic E-state index is 11.8. The molecule has 0 saturated carbocycles. The molecule has 0 heterocycles. The first kappa shape index (κ1) is 17.6. The van der Waals surface area contributed by atoms with E-state index in [1.54, 1.807) is 0 Å². The van der Waals surface area contributed by atoms with E-state index in [-0.39, 0.29) is 11.6 Å². The van der Waals surface area contributed by atoms with E-state index < -0.39 is 0 Å². The van der Waals surface area contributed by atoms with Gasteiger partial charge in [0.05, 0.1) is 0 Å². The number of nitrogens with one attached hydrogen (secondary N) is 1. The summed E-state index contributed by atoms with van der Waals surface area (Å²) in [4.78, 5) is 11.8. The number of rotatable bonds is 9. The minimum Gasteiger partial charge on any atom is -0.445 e. The second-order valence-electron chi connectivity index (χ2n) is 5.51. The molecule has 4 heteroatoms. The Hall–Kier alpha value is -1.42. The van der Waals surface area contributed by atoms with Gasteiger partial charge in [0.2, 0.25) is 0 Å². The smallest absolute Gasteiger partial charge is 0.407 e. The van der Waals surface area contributed by atoms with E-state index in [1.807, 2.05) is 62.0 Å². The lowest BCUT2D eigenvalue weighted by atomic mass is 10.0. The summed E-state index contributed by atoms with van der Waals surface area (Å²) in [6.07, 6.45) is 3.50. The van der Waals surface area contributed by atoms with Crippen molar-refractivity contribution in [3.8, 4) is 0 Å². The van der Waals surface area contributed by atoms with Crippen molar-refractivity contribution in [2.75, 3.05) is 11.5 Å². The van der Waals surface area contributed by atoms with Crippen molar-refractivity contribution in [3.05, 3.63) is 48.6 Å². The largest absolute Gasteiger partial charge is 0.445 e. The van der Waals surface area contributed by atoms with E-state index in [9.17, 15) is 4.79 Å². The summed E-state index contributed by atoms with van der Waals surface area (Å²) in [6.45, 7) is 8.04. The second kappa shape index (κ2) is 9.50. The fourth-order valence-electron chi connectivity index (χ4n) is 1.69. The SMILES string of the molecule is C=CCCSCCC(C)(C)NC(=O)OCc1ccccc1. The van der Waals surface area contributed by atoms with Crippen molar-refractivity contribution in [1.82, 2.24) is 5.32 Å². The predicted molar refractivity (Wildman–Crippen MR) is 90.6 cm³/mol. The summed E-state index contributed by atoms with van der Waals surface area (Å²) in [5, 5.41) is 2.92. The first-order chi connectivity index (χ1) is 10.0. The maximum atomic E-state index is 11.8. The third-order valence-corrected chi connectivity index (χ3v) is 4.01. The van der Waals surface area contributed by atoms with Crippen LogP contribution in [0.1, 0.15) is 32.3 Å². The number of carbonyl (C=O) groups is 1. The third-order valence-electron chi connectivity index (χ3n) is 2.99. The number of hydrogen-bond donors (Lipinski definition) is 1. The molecule has 1 rings (SSSR count). The highest BCUT2D eigenvalue weighted by molar-refractivity contribution is 7.99. The summed E-state index contributed by atoms with van der Waals surface area (Å²) in [5.41, 5.74) is 0.736. The quantitative estimate of drug-likeness (QED) is 0.543. The molecule has 0 unspecified atom stereocenters. The standard InChI is InChI=1S/C17H25NO2S/c1-4-5-12-21-13-11-17(2,3)18-16(19)20-14-15-9-7-6-8-10-15/h4,6-10H,1,5,11-14H2,2-3H3,(H,18,19). The van der Waals surface area contributed by atoms with Gasteiger partial charge >= 0.3 is 6.09 Å². The van der Waals surface area contributed by atoms with E-state index in [2.05, 4.69) is 11.9 Å². The van der Waals surface area contributed by atoms with Crippen molar-refractivity contribution in [1.29, 1.82) is 0 Å². The first-order valence-corrected chi connectivity index (χ1v) is 8.36. The van der Waals surface area contributed by atoms with E-state index in [0.717, 1.165) is 29.9 Å². The number of ether oxygens (including phenoxy) is 1. The van der Waals surface area contributed by atoms with Crippen LogP contribution in [0.2, 0.25) is 0 Å². The Labute approximate surface area is 132 Å². The molecule has 0 atom stereocenters. The molecule has 1 aromatic rings. The van der Waals surface area contributed by atoms with Crippen molar-refractivity contribution >= 4 is 17.9 Å². The first-order valence-electron chi connectivity index (χ1n) is 7.21. The van der Waals surface area contributed by atoms with Crippen molar-refractivity contribution < 1.29 is 9.53 Å². The number of carbonyl (C=O) groups excluding carboxylic acids is 1. The van der Waals surface area contributed by atoms with Crippen LogP contribution in [0.3, 0.4) is 0 Å². The minimum atomic E-state index is -0.361.